The van der Waals surface area contributed by atoms with E-state index in [9.17, 15) is 14.0 Å². The summed E-state index contributed by atoms with van der Waals surface area (Å²) in [6, 6.07) is 12.8. The van der Waals surface area contributed by atoms with E-state index in [1.54, 1.807) is 30.7 Å². The van der Waals surface area contributed by atoms with Gasteiger partial charge >= 0.3 is 0 Å². The Bertz CT molecular complexity index is 1850. The Kier molecular flexibility index (Phi) is 7.47. The lowest BCUT2D eigenvalue weighted by molar-refractivity contribution is 0.0990. The van der Waals surface area contributed by atoms with Crippen LogP contribution in [0.5, 0.6) is 23.1 Å². The van der Waals surface area contributed by atoms with Crippen LogP contribution in [0.3, 0.4) is 0 Å². The number of rotatable bonds is 8. The normalized spacial score (nSPS) is 11.0. The minimum Gasteiger partial charge on any atom is -0.491 e. The van der Waals surface area contributed by atoms with Gasteiger partial charge in [0.25, 0.3) is 5.88 Å². The number of aryl methyl sites for hydroxylation is 1. The van der Waals surface area contributed by atoms with Gasteiger partial charge in [0.1, 0.15) is 22.9 Å². The van der Waals surface area contributed by atoms with Crippen molar-refractivity contribution in [3.8, 4) is 34.3 Å². The van der Waals surface area contributed by atoms with Gasteiger partial charge in [-0.15, -0.1) is 0 Å². The fourth-order valence-electron chi connectivity index (χ4n) is 4.50. The first kappa shape index (κ1) is 27.4. The third kappa shape index (κ3) is 5.36. The fourth-order valence-corrected chi connectivity index (χ4v) is 4.50. The van der Waals surface area contributed by atoms with Crippen molar-refractivity contribution in [1.29, 1.82) is 0 Å². The maximum absolute atomic E-state index is 15.2. The summed E-state index contributed by atoms with van der Waals surface area (Å²) in [6.45, 7) is 1.74. The fraction of sp³-hybridized carbons (Fsp3) is 0.161. The maximum Gasteiger partial charge on any atom is 0.257 e. The number of hydrogen-bond acceptors (Lipinski definition) is 7. The number of ether oxygens (including phenoxy) is 3. The molecule has 41 heavy (non-hydrogen) atoms. The summed E-state index contributed by atoms with van der Waals surface area (Å²) in [7, 11) is 4.65. The second kappa shape index (κ2) is 11.2. The van der Waals surface area contributed by atoms with Crippen molar-refractivity contribution in [1.82, 2.24) is 14.5 Å². The quantitative estimate of drug-likeness (QED) is 0.222. The lowest BCUT2D eigenvalue weighted by Gasteiger charge is -2.14. The molecule has 0 saturated carbocycles. The molecular weight excluding hydrogens is 532 g/mol. The van der Waals surface area contributed by atoms with E-state index in [2.05, 4.69) is 9.97 Å². The van der Waals surface area contributed by atoms with Crippen LogP contribution in [0.1, 0.15) is 21.6 Å². The van der Waals surface area contributed by atoms with E-state index >= 15 is 4.39 Å². The van der Waals surface area contributed by atoms with Gasteiger partial charge in [0, 0.05) is 55.3 Å². The van der Waals surface area contributed by atoms with Crippen LogP contribution in [0.15, 0.2) is 71.8 Å². The van der Waals surface area contributed by atoms with Crippen molar-refractivity contribution in [3.05, 3.63) is 106 Å². The van der Waals surface area contributed by atoms with Crippen LogP contribution >= 0.6 is 0 Å². The van der Waals surface area contributed by atoms with Crippen LogP contribution < -0.4 is 19.6 Å². The summed E-state index contributed by atoms with van der Waals surface area (Å²) in [5.74, 6) is -0.536. The van der Waals surface area contributed by atoms with Crippen LogP contribution in [0.4, 0.5) is 8.78 Å². The number of ketones is 1. The van der Waals surface area contributed by atoms with Crippen molar-refractivity contribution in [3.63, 3.8) is 0 Å². The summed E-state index contributed by atoms with van der Waals surface area (Å²) in [5, 5.41) is 0. The molecule has 0 aliphatic rings. The summed E-state index contributed by atoms with van der Waals surface area (Å²) >= 11 is 0. The van der Waals surface area contributed by atoms with E-state index in [0.717, 1.165) is 6.07 Å². The number of hydrogen-bond donors (Lipinski definition) is 0. The average Bonchev–Trinajstić information content (AvgIpc) is 2.96. The molecule has 3 heterocycles. The van der Waals surface area contributed by atoms with Crippen LogP contribution in [0, 0.1) is 18.6 Å². The van der Waals surface area contributed by atoms with E-state index in [1.165, 1.54) is 63.0 Å². The van der Waals surface area contributed by atoms with Crippen molar-refractivity contribution in [2.45, 2.75) is 13.3 Å². The molecular formula is C31H25F2N3O5. The smallest absolute Gasteiger partial charge is 0.257 e. The van der Waals surface area contributed by atoms with Gasteiger partial charge in [-0.1, -0.05) is 18.2 Å². The minimum atomic E-state index is -0.677. The molecule has 3 aromatic heterocycles. The molecule has 0 bridgehead atoms. The molecule has 0 radical (unpaired) electrons. The predicted molar refractivity (Wildman–Crippen MR) is 149 cm³/mol. The molecule has 2 aromatic carbocycles. The zero-order chi connectivity index (χ0) is 29.3. The van der Waals surface area contributed by atoms with E-state index in [1.807, 2.05) is 0 Å². The summed E-state index contributed by atoms with van der Waals surface area (Å²) in [5.41, 5.74) is 1.77. The number of carbonyl (C=O) groups is 1. The van der Waals surface area contributed by atoms with Gasteiger partial charge in [0.15, 0.2) is 22.7 Å². The largest absolute Gasteiger partial charge is 0.491 e. The molecule has 5 rings (SSSR count). The zero-order valence-electron chi connectivity index (χ0n) is 22.7. The monoisotopic (exact) mass is 557 g/mol. The van der Waals surface area contributed by atoms with E-state index in [4.69, 9.17) is 14.2 Å². The molecule has 208 valence electrons. The average molecular weight is 558 g/mol. The molecule has 10 heteroatoms. The number of carbonyl (C=O) groups excluding carboxylic acids is 1. The van der Waals surface area contributed by atoms with Crippen LogP contribution in [0.2, 0.25) is 0 Å². The Balaban J connectivity index is 1.42. The molecule has 0 amide bonds. The number of pyridine rings is 3. The SMILES string of the molecule is COc1cc2nccc(Oc3ccc(CC(=O)c4cn(C)c(C)c(-c5ccc(F)cc5)c4=O)c(F)c3)c2nc1OC. The molecule has 8 nitrogen and oxygen atoms in total. The van der Waals surface area contributed by atoms with Gasteiger partial charge in [-0.05, 0) is 36.2 Å². The third-order valence-corrected chi connectivity index (χ3v) is 6.74. The summed E-state index contributed by atoms with van der Waals surface area (Å²) < 4.78 is 46.7. The minimum absolute atomic E-state index is 0.0872. The Morgan fingerprint density at radius 3 is 2.41 bits per heavy atom. The number of nitrogens with zero attached hydrogens (tertiary/aromatic N) is 3. The van der Waals surface area contributed by atoms with Crippen molar-refractivity contribution in [2.24, 2.45) is 7.05 Å². The molecule has 0 N–H and O–H groups in total. The first-order valence-corrected chi connectivity index (χ1v) is 12.5. The van der Waals surface area contributed by atoms with Crippen LogP contribution in [-0.2, 0) is 13.5 Å². The van der Waals surface area contributed by atoms with Gasteiger partial charge in [-0.2, -0.15) is 0 Å². The van der Waals surface area contributed by atoms with Gasteiger partial charge in [0.2, 0.25) is 0 Å². The predicted octanol–water partition coefficient (Wildman–Crippen LogP) is 5.82. The molecule has 0 saturated heterocycles. The second-order valence-electron chi connectivity index (χ2n) is 9.28. The van der Waals surface area contributed by atoms with E-state index < -0.39 is 22.8 Å². The van der Waals surface area contributed by atoms with E-state index in [-0.39, 0.29) is 34.7 Å². The summed E-state index contributed by atoms with van der Waals surface area (Å²) in [4.78, 5) is 35.2. The van der Waals surface area contributed by atoms with Crippen molar-refractivity contribution in [2.75, 3.05) is 14.2 Å². The molecule has 0 aliphatic carbocycles. The number of fused-ring (bicyclic) bond motifs is 1. The highest BCUT2D eigenvalue weighted by molar-refractivity contribution is 5.98. The van der Waals surface area contributed by atoms with Crippen molar-refractivity contribution < 1.29 is 27.8 Å². The van der Waals surface area contributed by atoms with Crippen LogP contribution in [0.25, 0.3) is 22.2 Å². The van der Waals surface area contributed by atoms with Gasteiger partial charge < -0.3 is 18.8 Å². The Morgan fingerprint density at radius 2 is 1.73 bits per heavy atom. The Hall–Kier alpha value is -5.12. The van der Waals surface area contributed by atoms with Gasteiger partial charge in [-0.25, -0.2) is 13.8 Å². The second-order valence-corrected chi connectivity index (χ2v) is 9.28. The molecule has 0 fully saturated rings. The molecule has 5 aromatic rings. The molecule has 0 unspecified atom stereocenters. The number of halogens is 2. The Morgan fingerprint density at radius 1 is 0.976 bits per heavy atom. The highest BCUT2D eigenvalue weighted by Crippen LogP contribution is 2.34. The van der Waals surface area contributed by atoms with Crippen LogP contribution in [-0.4, -0.2) is 34.5 Å². The molecule has 0 atom stereocenters. The number of benzene rings is 2. The highest BCUT2D eigenvalue weighted by atomic mass is 19.1. The standard InChI is InChI=1S/C31H25F2N3O5/c1-17-28(18-5-8-20(32)9-6-18)30(38)22(16-36(17)2)25(37)13-19-7-10-21(14-23(19)33)41-26-11-12-34-24-15-27(39-3)31(40-4)35-29(24)26/h5-12,14-16H,13H2,1-4H3. The highest BCUT2D eigenvalue weighted by Gasteiger charge is 2.20. The maximum atomic E-state index is 15.2. The first-order chi connectivity index (χ1) is 19.7. The van der Waals surface area contributed by atoms with Crippen molar-refractivity contribution >= 4 is 16.8 Å². The zero-order valence-corrected chi connectivity index (χ0v) is 22.7. The topological polar surface area (TPSA) is 92.5 Å². The molecule has 0 spiro atoms. The Labute approximate surface area is 233 Å². The number of Topliss-reactive ketones (excluding diaryl/α,β-unsaturated/α-hetero) is 1. The number of methoxy groups -OCH3 is 2. The lowest BCUT2D eigenvalue weighted by atomic mass is 9.97. The van der Waals surface area contributed by atoms with Gasteiger partial charge in [0.05, 0.1) is 25.3 Å². The number of aromatic nitrogens is 3. The summed E-state index contributed by atoms with van der Waals surface area (Å²) in [6.07, 6.45) is 2.62. The van der Waals surface area contributed by atoms with E-state index in [0.29, 0.717) is 33.8 Å². The van der Waals surface area contributed by atoms with Gasteiger partial charge in [-0.3, -0.25) is 14.6 Å². The third-order valence-electron chi connectivity index (χ3n) is 6.74. The molecule has 0 aliphatic heterocycles. The lowest BCUT2D eigenvalue weighted by Crippen LogP contribution is -2.23. The first-order valence-electron chi connectivity index (χ1n) is 12.5.